The van der Waals surface area contributed by atoms with Gasteiger partial charge in [0, 0.05) is 38.5 Å². The molecule has 0 saturated carbocycles. The monoisotopic (exact) mass is 546 g/mol. The molecule has 0 spiro atoms. The lowest BCUT2D eigenvalue weighted by molar-refractivity contribution is 0.0717. The second kappa shape index (κ2) is 14.5. The quantitative estimate of drug-likeness (QED) is 0.214. The van der Waals surface area contributed by atoms with Gasteiger partial charge in [-0.2, -0.15) is 0 Å². The molecular formula is C26H32Cl2N6OS. The van der Waals surface area contributed by atoms with Crippen LogP contribution in [0.3, 0.4) is 0 Å². The molecule has 0 unspecified atom stereocenters. The fourth-order valence-electron chi connectivity index (χ4n) is 4.41. The first-order chi connectivity index (χ1) is 16.9. The number of thioether (sulfide) groups is 1. The lowest BCUT2D eigenvalue weighted by Crippen LogP contribution is -2.48. The van der Waals surface area contributed by atoms with E-state index in [1.807, 2.05) is 12.1 Å². The van der Waals surface area contributed by atoms with Crippen molar-refractivity contribution in [1.29, 1.82) is 0 Å². The molecule has 1 aliphatic rings. The minimum atomic E-state index is 0. The van der Waals surface area contributed by atoms with E-state index in [1.54, 1.807) is 16.4 Å². The van der Waals surface area contributed by atoms with Gasteiger partial charge in [0.2, 0.25) is 0 Å². The van der Waals surface area contributed by atoms with Crippen molar-refractivity contribution in [3.8, 4) is 0 Å². The van der Waals surface area contributed by atoms with Crippen LogP contribution in [-0.4, -0.2) is 81.3 Å². The normalized spacial score (nSPS) is 14.5. The SMILES string of the molecule is Cl.Cl.c1ccc(C(c2ccccc2)N2CCN(CCOCCSc3ccc4ncnn4n3)CC2)cc1. The molecule has 0 amide bonds. The van der Waals surface area contributed by atoms with Gasteiger partial charge in [-0.3, -0.25) is 9.80 Å². The van der Waals surface area contributed by atoms with Crippen LogP contribution in [0.15, 0.2) is 84.1 Å². The van der Waals surface area contributed by atoms with E-state index in [0.29, 0.717) is 12.6 Å². The number of halogens is 2. The topological polar surface area (TPSA) is 58.8 Å². The average molecular weight is 548 g/mol. The van der Waals surface area contributed by atoms with Crippen molar-refractivity contribution in [2.24, 2.45) is 0 Å². The number of hydrogen-bond donors (Lipinski definition) is 0. The molecule has 0 N–H and O–H groups in total. The molecule has 3 heterocycles. The Morgan fingerprint density at radius 1 is 0.806 bits per heavy atom. The number of benzene rings is 2. The van der Waals surface area contributed by atoms with E-state index in [0.717, 1.165) is 55.8 Å². The van der Waals surface area contributed by atoms with Crippen LogP contribution in [0.4, 0.5) is 0 Å². The number of nitrogens with zero attached hydrogens (tertiary/aromatic N) is 6. The maximum atomic E-state index is 5.90. The summed E-state index contributed by atoms with van der Waals surface area (Å²) in [6.45, 7) is 6.69. The molecule has 36 heavy (non-hydrogen) atoms. The van der Waals surface area contributed by atoms with Crippen molar-refractivity contribution < 1.29 is 4.74 Å². The molecule has 0 bridgehead atoms. The summed E-state index contributed by atoms with van der Waals surface area (Å²) in [5, 5.41) is 9.44. The zero-order valence-electron chi connectivity index (χ0n) is 20.1. The largest absolute Gasteiger partial charge is 0.379 e. The Morgan fingerprint density at radius 2 is 1.47 bits per heavy atom. The molecule has 2 aromatic heterocycles. The van der Waals surface area contributed by atoms with Gasteiger partial charge in [-0.25, -0.2) is 4.98 Å². The molecule has 7 nitrogen and oxygen atoms in total. The van der Waals surface area contributed by atoms with Crippen molar-refractivity contribution >= 4 is 42.2 Å². The predicted molar refractivity (Wildman–Crippen MR) is 150 cm³/mol. The number of hydrogen-bond acceptors (Lipinski definition) is 7. The molecule has 10 heteroatoms. The maximum Gasteiger partial charge on any atom is 0.176 e. The van der Waals surface area contributed by atoms with Crippen molar-refractivity contribution in [2.75, 3.05) is 51.7 Å². The molecule has 192 valence electrons. The van der Waals surface area contributed by atoms with Crippen LogP contribution in [0, 0.1) is 0 Å². The molecule has 2 aromatic carbocycles. The smallest absolute Gasteiger partial charge is 0.176 e. The summed E-state index contributed by atoms with van der Waals surface area (Å²) in [5.74, 6) is 0.872. The first kappa shape index (κ1) is 28.4. The first-order valence-electron chi connectivity index (χ1n) is 11.8. The molecule has 0 aliphatic carbocycles. The second-order valence-corrected chi connectivity index (χ2v) is 9.46. The molecule has 1 fully saturated rings. The molecule has 1 saturated heterocycles. The van der Waals surface area contributed by atoms with Crippen molar-refractivity contribution in [2.45, 2.75) is 11.1 Å². The van der Waals surface area contributed by atoms with Crippen LogP contribution in [0.5, 0.6) is 0 Å². The summed E-state index contributed by atoms with van der Waals surface area (Å²) in [6, 6.07) is 25.9. The number of fused-ring (bicyclic) bond motifs is 1. The Balaban J connectivity index is 0.00000180. The highest BCUT2D eigenvalue weighted by Gasteiger charge is 2.26. The lowest BCUT2D eigenvalue weighted by atomic mass is 9.96. The van der Waals surface area contributed by atoms with Crippen molar-refractivity contribution in [3.63, 3.8) is 0 Å². The fourth-order valence-corrected chi connectivity index (χ4v) is 5.12. The van der Waals surface area contributed by atoms with E-state index in [9.17, 15) is 0 Å². The van der Waals surface area contributed by atoms with Crippen LogP contribution in [0.25, 0.3) is 5.65 Å². The van der Waals surface area contributed by atoms with E-state index in [1.165, 1.54) is 17.5 Å². The van der Waals surface area contributed by atoms with Gasteiger partial charge in [-0.1, -0.05) is 60.7 Å². The number of ether oxygens (including phenoxy) is 1. The highest BCUT2D eigenvalue weighted by Crippen LogP contribution is 2.29. The molecular weight excluding hydrogens is 515 g/mol. The van der Waals surface area contributed by atoms with Gasteiger partial charge in [0.05, 0.1) is 19.3 Å². The zero-order valence-corrected chi connectivity index (χ0v) is 22.5. The molecule has 4 aromatic rings. The van der Waals surface area contributed by atoms with Crippen LogP contribution < -0.4 is 0 Å². The minimum Gasteiger partial charge on any atom is -0.379 e. The summed E-state index contributed by atoms with van der Waals surface area (Å²) in [7, 11) is 0. The Kier molecular flexibility index (Phi) is 11.4. The average Bonchev–Trinajstić information content (AvgIpc) is 3.36. The first-order valence-corrected chi connectivity index (χ1v) is 12.8. The summed E-state index contributed by atoms with van der Waals surface area (Å²) in [4.78, 5) is 9.24. The zero-order chi connectivity index (χ0) is 23.0. The van der Waals surface area contributed by atoms with Gasteiger partial charge in [0.1, 0.15) is 11.4 Å². The summed E-state index contributed by atoms with van der Waals surface area (Å²) in [6.07, 6.45) is 1.52. The Hall–Kier alpha value is -2.20. The van der Waals surface area contributed by atoms with E-state index in [4.69, 9.17) is 4.74 Å². The van der Waals surface area contributed by atoms with Crippen molar-refractivity contribution in [3.05, 3.63) is 90.3 Å². The predicted octanol–water partition coefficient (Wildman–Crippen LogP) is 4.48. The molecule has 5 rings (SSSR count). The van der Waals surface area contributed by atoms with Gasteiger partial charge in [0.25, 0.3) is 0 Å². The molecule has 0 radical (unpaired) electrons. The third kappa shape index (κ3) is 7.41. The van der Waals surface area contributed by atoms with Crippen LogP contribution in [-0.2, 0) is 4.74 Å². The van der Waals surface area contributed by atoms with E-state index >= 15 is 0 Å². The summed E-state index contributed by atoms with van der Waals surface area (Å²) in [5.41, 5.74) is 3.49. The van der Waals surface area contributed by atoms with E-state index in [2.05, 4.69) is 85.6 Å². The highest BCUT2D eigenvalue weighted by atomic mass is 35.5. The third-order valence-electron chi connectivity index (χ3n) is 6.16. The number of rotatable bonds is 10. The lowest BCUT2D eigenvalue weighted by Gasteiger charge is -2.39. The van der Waals surface area contributed by atoms with Crippen molar-refractivity contribution in [1.82, 2.24) is 29.6 Å². The number of piperazine rings is 1. The van der Waals surface area contributed by atoms with E-state index in [-0.39, 0.29) is 24.8 Å². The standard InChI is InChI=1S/C26H30N6OS.2ClH/c1-3-7-22(8-4-1)26(23-9-5-2-6-10-23)31-15-13-30(14-16-31)17-18-33-19-20-34-25-12-11-24-27-21-28-32(24)29-25;;/h1-12,21,26H,13-20H2;2*1H. The Labute approximate surface area is 229 Å². The molecule has 1 aliphatic heterocycles. The van der Waals surface area contributed by atoms with Gasteiger partial charge >= 0.3 is 0 Å². The van der Waals surface area contributed by atoms with Crippen LogP contribution >= 0.6 is 36.6 Å². The third-order valence-corrected chi connectivity index (χ3v) is 7.04. The summed E-state index contributed by atoms with van der Waals surface area (Å²) >= 11 is 1.68. The second-order valence-electron chi connectivity index (χ2n) is 8.34. The van der Waals surface area contributed by atoms with Gasteiger partial charge in [-0.15, -0.1) is 51.4 Å². The van der Waals surface area contributed by atoms with Gasteiger partial charge in [-0.05, 0) is 23.3 Å². The number of aromatic nitrogens is 4. The maximum absolute atomic E-state index is 5.90. The fraction of sp³-hybridized carbons (Fsp3) is 0.346. The van der Waals surface area contributed by atoms with Crippen LogP contribution in [0.2, 0.25) is 0 Å². The molecule has 0 atom stereocenters. The van der Waals surface area contributed by atoms with Gasteiger partial charge in [0.15, 0.2) is 5.65 Å². The highest BCUT2D eigenvalue weighted by molar-refractivity contribution is 7.99. The van der Waals surface area contributed by atoms with E-state index < -0.39 is 0 Å². The Bertz CT molecular complexity index is 1120. The van der Waals surface area contributed by atoms with Crippen LogP contribution in [0.1, 0.15) is 17.2 Å². The Morgan fingerprint density at radius 3 is 2.14 bits per heavy atom. The van der Waals surface area contributed by atoms with Gasteiger partial charge < -0.3 is 4.74 Å². The summed E-state index contributed by atoms with van der Waals surface area (Å²) < 4.78 is 7.46. The minimum absolute atomic E-state index is 0.